The monoisotopic (exact) mass is 336 g/mol. The van der Waals surface area contributed by atoms with Crippen LogP contribution in [0.1, 0.15) is 36.4 Å². The van der Waals surface area contributed by atoms with E-state index in [1.165, 1.54) is 0 Å². The van der Waals surface area contributed by atoms with Gasteiger partial charge in [-0.25, -0.2) is 4.98 Å². The molecule has 1 heterocycles. The molecule has 0 spiro atoms. The number of benzene rings is 1. The van der Waals surface area contributed by atoms with Gasteiger partial charge in [0.15, 0.2) is 0 Å². The maximum Gasteiger partial charge on any atom is 0.261 e. The Bertz CT molecular complexity index is 739. The largest absolute Gasteiger partial charge is 0.391 e. The van der Waals surface area contributed by atoms with E-state index in [0.717, 1.165) is 40.4 Å². The van der Waals surface area contributed by atoms with Gasteiger partial charge in [0.1, 0.15) is 0 Å². The van der Waals surface area contributed by atoms with Crippen molar-refractivity contribution in [3.8, 4) is 0 Å². The summed E-state index contributed by atoms with van der Waals surface area (Å²) >= 11 is 3.50. The van der Waals surface area contributed by atoms with Gasteiger partial charge in [-0.05, 0) is 50.3 Å². The Morgan fingerprint density at radius 2 is 2.10 bits per heavy atom. The van der Waals surface area contributed by atoms with Crippen molar-refractivity contribution in [3.05, 3.63) is 38.3 Å². The van der Waals surface area contributed by atoms with E-state index in [9.17, 15) is 9.90 Å². The number of aliphatic hydroxyl groups is 1. The zero-order valence-corrected chi connectivity index (χ0v) is 13.1. The molecule has 0 radical (unpaired) electrons. The highest BCUT2D eigenvalue weighted by Gasteiger charge is 2.28. The minimum atomic E-state index is -0.443. The highest BCUT2D eigenvalue weighted by molar-refractivity contribution is 9.10. The van der Waals surface area contributed by atoms with E-state index in [1.54, 1.807) is 10.9 Å². The molecule has 20 heavy (non-hydrogen) atoms. The van der Waals surface area contributed by atoms with Crippen molar-refractivity contribution in [1.82, 2.24) is 9.55 Å². The number of halogens is 1. The topological polar surface area (TPSA) is 55.1 Å². The molecule has 0 saturated heterocycles. The summed E-state index contributed by atoms with van der Waals surface area (Å²) in [6.07, 6.45) is 3.69. The molecular formula is C15H17BrN2O2. The summed E-state index contributed by atoms with van der Waals surface area (Å²) in [5, 5.41) is 10.6. The standard InChI is InChI=1S/C15H17BrN2O2/c1-8-9(2)14-10(6-11(8)16)15(20)18(7-17-14)12-4-3-5-13(12)19/h6-7,12-13,19H,3-5H2,1-2H3/t12-,13-/m0/s1. The quantitative estimate of drug-likeness (QED) is 0.871. The molecule has 0 aliphatic heterocycles. The van der Waals surface area contributed by atoms with Gasteiger partial charge in [-0.1, -0.05) is 15.9 Å². The molecular weight excluding hydrogens is 320 g/mol. The molecule has 1 aliphatic carbocycles. The average molecular weight is 337 g/mol. The van der Waals surface area contributed by atoms with Crippen molar-refractivity contribution in [2.75, 3.05) is 0 Å². The smallest absolute Gasteiger partial charge is 0.261 e. The second-order valence-electron chi connectivity index (χ2n) is 5.53. The number of nitrogens with zero attached hydrogens (tertiary/aromatic N) is 2. The molecule has 1 aliphatic rings. The number of fused-ring (bicyclic) bond motifs is 1. The Kier molecular flexibility index (Phi) is 3.42. The van der Waals surface area contributed by atoms with E-state index >= 15 is 0 Å². The summed E-state index contributed by atoms with van der Waals surface area (Å²) in [6, 6.07) is 1.70. The fourth-order valence-corrected chi connectivity index (χ4v) is 3.51. The first kappa shape index (κ1) is 13.8. The van der Waals surface area contributed by atoms with Crippen molar-refractivity contribution >= 4 is 26.8 Å². The lowest BCUT2D eigenvalue weighted by atomic mass is 10.1. The second-order valence-corrected chi connectivity index (χ2v) is 6.38. The highest BCUT2D eigenvalue weighted by Crippen LogP contribution is 2.30. The van der Waals surface area contributed by atoms with E-state index in [0.29, 0.717) is 5.39 Å². The lowest BCUT2D eigenvalue weighted by molar-refractivity contribution is 0.134. The van der Waals surface area contributed by atoms with E-state index in [4.69, 9.17) is 0 Å². The molecule has 0 amide bonds. The number of rotatable bonds is 1. The molecule has 1 aromatic carbocycles. The lowest BCUT2D eigenvalue weighted by Crippen LogP contribution is -2.29. The number of aliphatic hydroxyl groups excluding tert-OH is 1. The van der Waals surface area contributed by atoms with Crippen LogP contribution in [-0.2, 0) is 0 Å². The summed E-state index contributed by atoms with van der Waals surface area (Å²) < 4.78 is 2.52. The minimum absolute atomic E-state index is 0.0650. The third kappa shape index (κ3) is 2.00. The molecule has 1 fully saturated rings. The summed E-state index contributed by atoms with van der Waals surface area (Å²) in [7, 11) is 0. The van der Waals surface area contributed by atoms with Gasteiger partial charge in [0.25, 0.3) is 5.56 Å². The van der Waals surface area contributed by atoms with Gasteiger partial charge < -0.3 is 5.11 Å². The SMILES string of the molecule is Cc1c(Br)cc2c(=O)n([C@H]3CCC[C@@H]3O)cnc2c1C. The van der Waals surface area contributed by atoms with Gasteiger partial charge in [-0.3, -0.25) is 9.36 Å². The number of hydrogen-bond acceptors (Lipinski definition) is 3. The van der Waals surface area contributed by atoms with Gasteiger partial charge >= 0.3 is 0 Å². The second kappa shape index (κ2) is 4.97. The number of aryl methyl sites for hydroxylation is 1. The van der Waals surface area contributed by atoms with E-state index < -0.39 is 6.10 Å². The van der Waals surface area contributed by atoms with Gasteiger partial charge in [-0.15, -0.1) is 0 Å². The van der Waals surface area contributed by atoms with Crippen molar-refractivity contribution in [1.29, 1.82) is 0 Å². The Balaban J connectivity index is 2.26. The summed E-state index contributed by atoms with van der Waals surface area (Å²) in [4.78, 5) is 17.1. The first-order valence-electron chi connectivity index (χ1n) is 6.85. The van der Waals surface area contributed by atoms with Gasteiger partial charge in [0, 0.05) is 4.47 Å². The fourth-order valence-electron chi connectivity index (χ4n) is 2.98. The molecule has 0 unspecified atom stereocenters. The van der Waals surface area contributed by atoms with Crippen LogP contribution in [0, 0.1) is 13.8 Å². The average Bonchev–Trinajstić information content (AvgIpc) is 2.84. The van der Waals surface area contributed by atoms with E-state index in [2.05, 4.69) is 20.9 Å². The third-order valence-electron chi connectivity index (χ3n) is 4.38. The molecule has 1 saturated carbocycles. The van der Waals surface area contributed by atoms with E-state index in [1.807, 2.05) is 19.9 Å². The highest BCUT2D eigenvalue weighted by atomic mass is 79.9. The lowest BCUT2D eigenvalue weighted by Gasteiger charge is -2.18. The molecule has 1 N–H and O–H groups in total. The van der Waals surface area contributed by atoms with Gasteiger partial charge in [0.05, 0.1) is 29.4 Å². The molecule has 4 nitrogen and oxygen atoms in total. The maximum atomic E-state index is 12.7. The molecule has 2 aromatic rings. The van der Waals surface area contributed by atoms with Crippen LogP contribution in [0.15, 0.2) is 21.7 Å². The van der Waals surface area contributed by atoms with Crippen molar-refractivity contribution < 1.29 is 5.11 Å². The van der Waals surface area contributed by atoms with Crippen molar-refractivity contribution in [2.24, 2.45) is 0 Å². The summed E-state index contributed by atoms with van der Waals surface area (Å²) in [5.41, 5.74) is 2.80. The predicted octanol–water partition coefficient (Wildman–Crippen LogP) is 2.86. The van der Waals surface area contributed by atoms with Crippen LogP contribution in [0.2, 0.25) is 0 Å². The molecule has 5 heteroatoms. The molecule has 0 bridgehead atoms. The first-order chi connectivity index (χ1) is 9.50. The van der Waals surface area contributed by atoms with Gasteiger partial charge in [-0.2, -0.15) is 0 Å². The molecule has 1 aromatic heterocycles. The van der Waals surface area contributed by atoms with Crippen LogP contribution in [0.25, 0.3) is 10.9 Å². The zero-order valence-electron chi connectivity index (χ0n) is 11.6. The van der Waals surface area contributed by atoms with Crippen molar-refractivity contribution in [2.45, 2.75) is 45.3 Å². The fraction of sp³-hybridized carbons (Fsp3) is 0.467. The van der Waals surface area contributed by atoms with Crippen LogP contribution >= 0.6 is 15.9 Å². The molecule has 2 atom stereocenters. The van der Waals surface area contributed by atoms with E-state index in [-0.39, 0.29) is 11.6 Å². The third-order valence-corrected chi connectivity index (χ3v) is 5.20. The maximum absolute atomic E-state index is 12.7. The van der Waals surface area contributed by atoms with Crippen LogP contribution in [0.5, 0.6) is 0 Å². The van der Waals surface area contributed by atoms with Crippen LogP contribution < -0.4 is 5.56 Å². The normalized spacial score (nSPS) is 22.6. The Hall–Kier alpha value is -1.20. The Morgan fingerprint density at radius 3 is 2.75 bits per heavy atom. The Labute approximate surface area is 125 Å². The van der Waals surface area contributed by atoms with Crippen LogP contribution in [0.3, 0.4) is 0 Å². The number of aromatic nitrogens is 2. The molecule has 3 rings (SSSR count). The van der Waals surface area contributed by atoms with Crippen molar-refractivity contribution in [3.63, 3.8) is 0 Å². The predicted molar refractivity (Wildman–Crippen MR) is 82.1 cm³/mol. The van der Waals surface area contributed by atoms with Gasteiger partial charge in [0.2, 0.25) is 0 Å². The first-order valence-corrected chi connectivity index (χ1v) is 7.64. The molecule has 106 valence electrons. The number of hydrogen-bond donors (Lipinski definition) is 1. The summed E-state index contributed by atoms with van der Waals surface area (Å²) in [6.45, 7) is 3.98. The van der Waals surface area contributed by atoms with Crippen LogP contribution in [-0.4, -0.2) is 20.8 Å². The minimum Gasteiger partial charge on any atom is -0.391 e. The van der Waals surface area contributed by atoms with Crippen LogP contribution in [0.4, 0.5) is 0 Å². The Morgan fingerprint density at radius 1 is 1.35 bits per heavy atom. The summed E-state index contributed by atoms with van der Waals surface area (Å²) in [5.74, 6) is 0. The zero-order chi connectivity index (χ0) is 14.4.